The molecule has 0 aliphatic carbocycles. The van der Waals surface area contributed by atoms with Crippen LogP contribution in [0.5, 0.6) is 0 Å². The number of hydrogen-bond acceptors (Lipinski definition) is 3. The molecule has 2 N–H and O–H groups in total. The van der Waals surface area contributed by atoms with Crippen LogP contribution in [-0.4, -0.2) is 48.1 Å². The van der Waals surface area contributed by atoms with Crippen LogP contribution >= 0.6 is 0 Å². The molecule has 5 nitrogen and oxygen atoms in total. The summed E-state index contributed by atoms with van der Waals surface area (Å²) in [4.78, 5) is 24.6. The highest BCUT2D eigenvalue weighted by molar-refractivity contribution is 5.84. The summed E-state index contributed by atoms with van der Waals surface area (Å²) in [6, 6.07) is 0. The number of aliphatic carboxylic acids is 1. The summed E-state index contributed by atoms with van der Waals surface area (Å²) in [6.45, 7) is 3.33. The minimum absolute atomic E-state index is 0.179. The lowest BCUT2D eigenvalue weighted by Crippen LogP contribution is -2.47. The summed E-state index contributed by atoms with van der Waals surface area (Å²) >= 11 is 0. The van der Waals surface area contributed by atoms with Crippen molar-refractivity contribution in [2.24, 2.45) is 5.41 Å². The maximum absolute atomic E-state index is 11.9. The molecule has 1 spiro atoms. The Morgan fingerprint density at radius 2 is 2.29 bits per heavy atom. The predicted octanol–water partition coefficient (Wildman–Crippen LogP) is 0.453. The van der Waals surface area contributed by atoms with Gasteiger partial charge in [0.25, 0.3) is 0 Å². The van der Waals surface area contributed by atoms with Gasteiger partial charge in [-0.25, -0.2) is 0 Å². The summed E-state index contributed by atoms with van der Waals surface area (Å²) < 4.78 is 0. The lowest BCUT2D eigenvalue weighted by molar-refractivity contribution is -0.137. The number of carbonyl (C=O) groups is 2. The van der Waals surface area contributed by atoms with Crippen LogP contribution in [0.3, 0.4) is 0 Å². The van der Waals surface area contributed by atoms with Gasteiger partial charge in [-0.05, 0) is 38.8 Å². The zero-order valence-corrected chi connectivity index (χ0v) is 10.1. The quantitative estimate of drug-likeness (QED) is 0.748. The third kappa shape index (κ3) is 2.77. The Morgan fingerprint density at radius 1 is 1.47 bits per heavy atom. The maximum atomic E-state index is 11.9. The molecule has 0 saturated carbocycles. The molecule has 2 fully saturated rings. The van der Waals surface area contributed by atoms with Crippen molar-refractivity contribution in [1.29, 1.82) is 0 Å². The largest absolute Gasteiger partial charge is 0.481 e. The first-order chi connectivity index (χ1) is 8.12. The van der Waals surface area contributed by atoms with Crippen LogP contribution in [0, 0.1) is 5.41 Å². The first-order valence-corrected chi connectivity index (χ1v) is 6.35. The molecule has 0 aromatic carbocycles. The first-order valence-electron chi connectivity index (χ1n) is 6.35. The van der Waals surface area contributed by atoms with Gasteiger partial charge < -0.3 is 15.3 Å². The van der Waals surface area contributed by atoms with E-state index in [1.54, 1.807) is 0 Å². The average Bonchev–Trinajstić information content (AvgIpc) is 2.67. The smallest absolute Gasteiger partial charge is 0.303 e. The Hall–Kier alpha value is -1.10. The SMILES string of the molecule is O=C(O)CCCN1CC[C@]2(CCCNC2=O)C1. The Kier molecular flexibility index (Phi) is 3.66. The van der Waals surface area contributed by atoms with Crippen LogP contribution in [0.25, 0.3) is 0 Å². The molecule has 5 heteroatoms. The van der Waals surface area contributed by atoms with Crippen molar-refractivity contribution < 1.29 is 14.7 Å². The van der Waals surface area contributed by atoms with Crippen molar-refractivity contribution in [3.05, 3.63) is 0 Å². The van der Waals surface area contributed by atoms with Gasteiger partial charge in [0, 0.05) is 19.5 Å². The number of carboxylic acid groups (broad SMARTS) is 1. The second-order valence-electron chi connectivity index (χ2n) is 5.16. The lowest BCUT2D eigenvalue weighted by Gasteiger charge is -2.32. The molecule has 0 unspecified atom stereocenters. The average molecular weight is 240 g/mol. The van der Waals surface area contributed by atoms with Crippen molar-refractivity contribution in [1.82, 2.24) is 10.2 Å². The fourth-order valence-electron chi connectivity index (χ4n) is 2.92. The molecule has 1 amide bonds. The molecule has 2 saturated heterocycles. The molecule has 2 aliphatic rings. The van der Waals surface area contributed by atoms with E-state index in [0.29, 0.717) is 6.42 Å². The molecule has 2 heterocycles. The van der Waals surface area contributed by atoms with E-state index in [0.717, 1.165) is 45.4 Å². The second kappa shape index (κ2) is 5.04. The fourth-order valence-corrected chi connectivity index (χ4v) is 2.92. The van der Waals surface area contributed by atoms with E-state index in [2.05, 4.69) is 10.2 Å². The van der Waals surface area contributed by atoms with Crippen LogP contribution in [0.4, 0.5) is 0 Å². The molecule has 0 radical (unpaired) electrons. The van der Waals surface area contributed by atoms with Crippen LogP contribution in [0.1, 0.15) is 32.1 Å². The third-order valence-corrected chi connectivity index (χ3v) is 3.90. The lowest BCUT2D eigenvalue weighted by atomic mass is 9.79. The van der Waals surface area contributed by atoms with E-state index >= 15 is 0 Å². The van der Waals surface area contributed by atoms with Crippen LogP contribution in [0.15, 0.2) is 0 Å². The monoisotopic (exact) mass is 240 g/mol. The van der Waals surface area contributed by atoms with E-state index in [9.17, 15) is 9.59 Å². The highest BCUT2D eigenvalue weighted by Crippen LogP contribution is 2.37. The molecule has 2 aliphatic heterocycles. The topological polar surface area (TPSA) is 69.6 Å². The van der Waals surface area contributed by atoms with Crippen LogP contribution in [0.2, 0.25) is 0 Å². The second-order valence-corrected chi connectivity index (χ2v) is 5.16. The zero-order chi connectivity index (χ0) is 12.3. The maximum Gasteiger partial charge on any atom is 0.303 e. The van der Waals surface area contributed by atoms with Gasteiger partial charge in [-0.1, -0.05) is 0 Å². The van der Waals surface area contributed by atoms with Crippen molar-refractivity contribution in [2.45, 2.75) is 32.1 Å². The Bertz CT molecular complexity index is 319. The van der Waals surface area contributed by atoms with Crippen molar-refractivity contribution in [2.75, 3.05) is 26.2 Å². The van der Waals surface area contributed by atoms with Crippen molar-refractivity contribution in [3.8, 4) is 0 Å². The molecular weight excluding hydrogens is 220 g/mol. The van der Waals surface area contributed by atoms with Gasteiger partial charge in [0.2, 0.25) is 5.91 Å². The van der Waals surface area contributed by atoms with E-state index in [4.69, 9.17) is 5.11 Å². The highest BCUT2D eigenvalue weighted by Gasteiger charge is 2.45. The van der Waals surface area contributed by atoms with Gasteiger partial charge in [-0.15, -0.1) is 0 Å². The number of piperidine rings is 1. The number of amides is 1. The number of likely N-dealkylation sites (tertiary alicyclic amines) is 1. The van der Waals surface area contributed by atoms with Crippen molar-refractivity contribution in [3.63, 3.8) is 0 Å². The van der Waals surface area contributed by atoms with E-state index < -0.39 is 5.97 Å². The number of nitrogens with zero attached hydrogens (tertiary/aromatic N) is 1. The van der Waals surface area contributed by atoms with Gasteiger partial charge >= 0.3 is 5.97 Å². The molecule has 96 valence electrons. The molecule has 1 atom stereocenters. The molecule has 17 heavy (non-hydrogen) atoms. The van der Waals surface area contributed by atoms with E-state index in [1.807, 2.05) is 0 Å². The van der Waals surface area contributed by atoms with Gasteiger partial charge in [0.1, 0.15) is 0 Å². The summed E-state index contributed by atoms with van der Waals surface area (Å²) in [6.07, 6.45) is 3.86. The normalized spacial score (nSPS) is 29.5. The van der Waals surface area contributed by atoms with E-state index in [-0.39, 0.29) is 17.7 Å². The summed E-state index contributed by atoms with van der Waals surface area (Å²) in [5, 5.41) is 11.5. The Labute approximate surface area is 101 Å². The molecule has 0 bridgehead atoms. The standard InChI is InChI=1S/C12H20N2O3/c15-10(16)3-1-7-14-8-5-12(9-14)4-2-6-13-11(12)17/h1-9H2,(H,13,17)(H,15,16)/t12-/m1/s1. The molecule has 0 aromatic rings. The molecule has 2 rings (SSSR count). The first kappa shape index (κ1) is 12.4. The summed E-state index contributed by atoms with van der Waals surface area (Å²) in [5.41, 5.74) is -0.179. The number of carbonyl (C=O) groups excluding carboxylic acids is 1. The number of rotatable bonds is 4. The van der Waals surface area contributed by atoms with Crippen LogP contribution in [-0.2, 0) is 9.59 Å². The van der Waals surface area contributed by atoms with Gasteiger partial charge in [0.05, 0.1) is 5.41 Å². The van der Waals surface area contributed by atoms with E-state index in [1.165, 1.54) is 0 Å². The van der Waals surface area contributed by atoms with Gasteiger partial charge in [-0.2, -0.15) is 0 Å². The van der Waals surface area contributed by atoms with Crippen molar-refractivity contribution >= 4 is 11.9 Å². The fraction of sp³-hybridized carbons (Fsp3) is 0.833. The summed E-state index contributed by atoms with van der Waals surface area (Å²) in [5.74, 6) is -0.543. The van der Waals surface area contributed by atoms with Gasteiger partial charge in [-0.3, -0.25) is 9.59 Å². The predicted molar refractivity (Wildman–Crippen MR) is 62.6 cm³/mol. The third-order valence-electron chi connectivity index (χ3n) is 3.90. The molecule has 0 aromatic heterocycles. The highest BCUT2D eigenvalue weighted by atomic mass is 16.4. The number of hydrogen-bond donors (Lipinski definition) is 2. The zero-order valence-electron chi connectivity index (χ0n) is 10.1. The Balaban J connectivity index is 1.82. The minimum atomic E-state index is -0.741. The van der Waals surface area contributed by atoms with Crippen LogP contribution < -0.4 is 5.32 Å². The minimum Gasteiger partial charge on any atom is -0.481 e. The number of carboxylic acids is 1. The Morgan fingerprint density at radius 3 is 3.00 bits per heavy atom. The molecular formula is C12H20N2O3. The van der Waals surface area contributed by atoms with Gasteiger partial charge in [0.15, 0.2) is 0 Å². The number of nitrogens with one attached hydrogen (secondary N) is 1. The summed E-state index contributed by atoms with van der Waals surface area (Å²) in [7, 11) is 0.